The summed E-state index contributed by atoms with van der Waals surface area (Å²) in [6.45, 7) is 7.30. The van der Waals surface area contributed by atoms with E-state index in [2.05, 4.69) is 9.97 Å². The Kier molecular flexibility index (Phi) is 12.7. The topological polar surface area (TPSA) is 106 Å². The number of fused-ring (bicyclic) bond motifs is 4. The number of benzene rings is 3. The van der Waals surface area contributed by atoms with E-state index in [-0.39, 0.29) is 78.5 Å². The summed E-state index contributed by atoms with van der Waals surface area (Å²) in [5, 5.41) is -0.303. The quantitative estimate of drug-likeness (QED) is 0.112. The standard InChI is InChI=1S/C50H54ClF6N7O5/c1-29-20-38(61(22-30-8-14-34(66-5)15-9-30)23-31-10-16-35(67-6)17-11-31)58-43(40(29)50(55,56)57)39-37(51)21-36-42(41(39)52)59-45(68-28-48-18-7-19-63(48)27-49(53,54)26-48)60-44(36)62-24-32-12-13-33(25-62)64(32)46(65)69-47(2,3)4/h8-11,14-17,20-21,32-33H,7,12-13,18-19,22-28H2,1-6H3. The Labute approximate surface area is 401 Å². The SMILES string of the molecule is COc1ccc(CN(Cc2ccc(OC)cc2)c2cc(C)c(C(F)(F)F)c(-c3c(Cl)cc4c(N5CC6CCC(C5)N6C(=O)OC(C)(C)C)nc(OCC56CCCN5CC(F)(F)C6)nc4c3F)n2)cc1. The van der Waals surface area contributed by atoms with Crippen molar-refractivity contribution in [2.24, 2.45) is 0 Å². The van der Waals surface area contributed by atoms with Crippen molar-refractivity contribution in [2.75, 3.05) is 56.8 Å². The largest absolute Gasteiger partial charge is 0.497 e. The minimum absolute atomic E-state index is 0.0776. The van der Waals surface area contributed by atoms with E-state index in [0.717, 1.165) is 11.1 Å². The number of ether oxygens (including phenoxy) is 4. The summed E-state index contributed by atoms with van der Waals surface area (Å²) in [6, 6.07) is 16.1. The van der Waals surface area contributed by atoms with E-state index in [0.29, 0.717) is 43.7 Å². The van der Waals surface area contributed by atoms with Gasteiger partial charge in [0.25, 0.3) is 5.92 Å². The Bertz CT molecular complexity index is 2680. The third-order valence-electron chi connectivity index (χ3n) is 13.6. The highest BCUT2D eigenvalue weighted by molar-refractivity contribution is 6.34. The Morgan fingerprint density at radius 1 is 0.899 bits per heavy atom. The number of pyridine rings is 1. The number of anilines is 2. The molecule has 3 atom stereocenters. The second kappa shape index (κ2) is 18.2. The Balaban J connectivity index is 1.17. The van der Waals surface area contributed by atoms with Crippen LogP contribution in [-0.4, -0.2) is 107 Å². The monoisotopic (exact) mass is 981 g/mol. The number of amides is 1. The third-order valence-corrected chi connectivity index (χ3v) is 13.9. The van der Waals surface area contributed by atoms with Crippen LogP contribution in [0.3, 0.4) is 0 Å². The van der Waals surface area contributed by atoms with Crippen LogP contribution < -0.4 is 24.0 Å². The smallest absolute Gasteiger partial charge is 0.418 e. The minimum atomic E-state index is -5.01. The molecule has 368 valence electrons. The van der Waals surface area contributed by atoms with Gasteiger partial charge in [-0.25, -0.2) is 22.9 Å². The summed E-state index contributed by atoms with van der Waals surface area (Å²) in [6.07, 6.45) is -3.52. The molecule has 0 radical (unpaired) electrons. The van der Waals surface area contributed by atoms with Crippen molar-refractivity contribution in [1.29, 1.82) is 0 Å². The van der Waals surface area contributed by atoms with Crippen molar-refractivity contribution in [3.8, 4) is 28.8 Å². The average Bonchev–Trinajstić information content (AvgIpc) is 3.88. The number of aryl methyl sites for hydroxylation is 1. The van der Waals surface area contributed by atoms with Crippen LogP contribution in [0.1, 0.15) is 75.1 Å². The fourth-order valence-electron chi connectivity index (χ4n) is 10.5. The maximum atomic E-state index is 17.9. The number of nitrogens with zero attached hydrogens (tertiary/aromatic N) is 7. The van der Waals surface area contributed by atoms with Crippen molar-refractivity contribution >= 4 is 40.2 Å². The molecule has 0 N–H and O–H groups in total. The zero-order chi connectivity index (χ0) is 49.2. The zero-order valence-corrected chi connectivity index (χ0v) is 40.0. The third kappa shape index (κ3) is 9.75. The molecule has 6 heterocycles. The highest BCUT2D eigenvalue weighted by atomic mass is 35.5. The van der Waals surface area contributed by atoms with E-state index in [1.54, 1.807) is 74.0 Å². The van der Waals surface area contributed by atoms with E-state index in [1.165, 1.54) is 19.1 Å². The molecule has 0 spiro atoms. The predicted octanol–water partition coefficient (Wildman–Crippen LogP) is 10.9. The van der Waals surface area contributed by atoms with Crippen molar-refractivity contribution < 1.29 is 50.1 Å². The Morgan fingerprint density at radius 2 is 1.51 bits per heavy atom. The number of hydrogen-bond donors (Lipinski definition) is 0. The molecule has 3 aromatic carbocycles. The molecular formula is C50H54ClF6N7O5. The molecule has 1 amide bonds. The molecule has 2 bridgehead atoms. The highest BCUT2D eigenvalue weighted by Gasteiger charge is 2.57. The van der Waals surface area contributed by atoms with Gasteiger partial charge < -0.3 is 28.7 Å². The molecular weight excluding hydrogens is 928 g/mol. The number of piperazine rings is 1. The van der Waals surface area contributed by atoms with Gasteiger partial charge in [0.2, 0.25) is 0 Å². The maximum Gasteiger partial charge on any atom is 0.418 e. The van der Waals surface area contributed by atoms with Crippen LogP contribution in [0, 0.1) is 12.7 Å². The second-order valence-electron chi connectivity index (χ2n) is 19.6. The van der Waals surface area contributed by atoms with Crippen molar-refractivity contribution in [3.63, 3.8) is 0 Å². The van der Waals surface area contributed by atoms with Crippen molar-refractivity contribution in [1.82, 2.24) is 24.8 Å². The molecule has 5 aromatic rings. The molecule has 69 heavy (non-hydrogen) atoms. The molecule has 4 aliphatic heterocycles. The normalized spacial score (nSPS) is 21.2. The molecule has 12 nitrogen and oxygen atoms in total. The van der Waals surface area contributed by atoms with Gasteiger partial charge in [-0.1, -0.05) is 35.9 Å². The van der Waals surface area contributed by atoms with Crippen LogP contribution in [0.2, 0.25) is 5.02 Å². The fraction of sp³-hybridized carbons (Fsp3) is 0.480. The average molecular weight is 982 g/mol. The summed E-state index contributed by atoms with van der Waals surface area (Å²) >= 11 is 7.01. The van der Waals surface area contributed by atoms with Gasteiger partial charge in [0, 0.05) is 38.0 Å². The van der Waals surface area contributed by atoms with Gasteiger partial charge in [-0.2, -0.15) is 23.1 Å². The van der Waals surface area contributed by atoms with Crippen LogP contribution in [0.5, 0.6) is 17.5 Å². The number of methoxy groups -OCH3 is 2. The van der Waals surface area contributed by atoms with Gasteiger partial charge in [0.05, 0.1) is 60.2 Å². The van der Waals surface area contributed by atoms with E-state index in [1.807, 2.05) is 29.2 Å². The number of rotatable bonds is 12. The fourth-order valence-corrected chi connectivity index (χ4v) is 10.8. The molecule has 4 fully saturated rings. The van der Waals surface area contributed by atoms with Gasteiger partial charge in [0.1, 0.15) is 40.9 Å². The first-order valence-corrected chi connectivity index (χ1v) is 23.3. The molecule has 9 rings (SSSR count). The van der Waals surface area contributed by atoms with E-state index >= 15 is 17.6 Å². The molecule has 4 saturated heterocycles. The number of halogens is 7. The Morgan fingerprint density at radius 3 is 2.07 bits per heavy atom. The van der Waals surface area contributed by atoms with Crippen LogP contribution >= 0.6 is 11.6 Å². The van der Waals surface area contributed by atoms with Crippen LogP contribution in [-0.2, 0) is 24.0 Å². The van der Waals surface area contributed by atoms with E-state index in [4.69, 9.17) is 35.5 Å². The highest BCUT2D eigenvalue weighted by Crippen LogP contribution is 2.48. The summed E-state index contributed by atoms with van der Waals surface area (Å²) < 4.78 is 116. The van der Waals surface area contributed by atoms with Gasteiger partial charge >= 0.3 is 18.3 Å². The molecule has 4 aliphatic rings. The van der Waals surface area contributed by atoms with E-state index in [9.17, 15) is 13.6 Å². The lowest BCUT2D eigenvalue weighted by Crippen LogP contribution is -2.57. The first-order valence-electron chi connectivity index (χ1n) is 23.0. The maximum absolute atomic E-state index is 17.9. The molecule has 19 heteroatoms. The number of carbonyl (C=O) groups excluding carboxylic acids is 1. The summed E-state index contributed by atoms with van der Waals surface area (Å²) in [7, 11) is 3.08. The number of aromatic nitrogens is 3. The molecule has 3 unspecified atom stereocenters. The molecule has 0 aliphatic carbocycles. The lowest BCUT2D eigenvalue weighted by atomic mass is 9.94. The minimum Gasteiger partial charge on any atom is -0.497 e. The first kappa shape index (κ1) is 48.3. The lowest BCUT2D eigenvalue weighted by molar-refractivity contribution is -0.137. The number of hydrogen-bond acceptors (Lipinski definition) is 11. The predicted molar refractivity (Wildman–Crippen MR) is 249 cm³/mol. The van der Waals surface area contributed by atoms with Crippen LogP contribution in [0.4, 0.5) is 42.8 Å². The van der Waals surface area contributed by atoms with Crippen LogP contribution in [0.15, 0.2) is 60.7 Å². The number of carbonyl (C=O) groups is 1. The summed E-state index contributed by atoms with van der Waals surface area (Å²) in [4.78, 5) is 34.4. The zero-order valence-electron chi connectivity index (χ0n) is 39.2. The molecule has 0 saturated carbocycles. The van der Waals surface area contributed by atoms with Gasteiger partial charge in [-0.15, -0.1) is 0 Å². The summed E-state index contributed by atoms with van der Waals surface area (Å²) in [5.41, 5.74) is -3.39. The number of alkyl halides is 5. The van der Waals surface area contributed by atoms with Gasteiger partial charge in [-0.05, 0) is 113 Å². The first-order chi connectivity index (χ1) is 32.6. The lowest BCUT2D eigenvalue weighted by Gasteiger charge is -2.42. The van der Waals surface area contributed by atoms with Crippen LogP contribution in [0.25, 0.3) is 22.2 Å². The Hall–Kier alpha value is -5.75. The van der Waals surface area contributed by atoms with Crippen molar-refractivity contribution in [2.45, 2.75) is 108 Å². The van der Waals surface area contributed by atoms with Gasteiger partial charge in [-0.3, -0.25) is 9.80 Å². The molecule has 2 aromatic heterocycles. The van der Waals surface area contributed by atoms with Gasteiger partial charge in [0.15, 0.2) is 5.82 Å². The second-order valence-corrected chi connectivity index (χ2v) is 20.0. The van der Waals surface area contributed by atoms with Crippen molar-refractivity contribution in [3.05, 3.63) is 93.8 Å². The van der Waals surface area contributed by atoms with E-state index < -0.39 is 70.5 Å². The summed E-state index contributed by atoms with van der Waals surface area (Å²) in [5.74, 6) is -2.65.